The lowest BCUT2D eigenvalue weighted by Gasteiger charge is -2.39. The molecule has 1 aliphatic rings. The zero-order valence-electron chi connectivity index (χ0n) is 9.12. The summed E-state index contributed by atoms with van der Waals surface area (Å²) in [7, 11) is 3.24. The van der Waals surface area contributed by atoms with Crippen molar-refractivity contribution in [2.24, 2.45) is 5.73 Å². The van der Waals surface area contributed by atoms with Crippen LogP contribution in [0, 0.1) is 0 Å². The number of aromatic nitrogens is 1. The van der Waals surface area contributed by atoms with E-state index in [4.69, 9.17) is 15.2 Å². The van der Waals surface area contributed by atoms with Crippen LogP contribution in [0.1, 0.15) is 24.8 Å². The smallest absolute Gasteiger partial charge is 0.221 e. The molecule has 0 atom stereocenters. The van der Waals surface area contributed by atoms with E-state index < -0.39 is 0 Å². The van der Waals surface area contributed by atoms with Crippen molar-refractivity contribution in [2.75, 3.05) is 14.2 Å². The third kappa shape index (κ3) is 1.55. The molecule has 0 unspecified atom stereocenters. The van der Waals surface area contributed by atoms with Gasteiger partial charge in [0, 0.05) is 6.20 Å². The van der Waals surface area contributed by atoms with E-state index in [0.29, 0.717) is 5.88 Å². The van der Waals surface area contributed by atoms with Gasteiger partial charge in [-0.05, 0) is 25.3 Å². The predicted molar refractivity (Wildman–Crippen MR) is 57.1 cm³/mol. The number of methoxy groups -OCH3 is 2. The molecule has 1 aromatic rings. The second-order valence-electron chi connectivity index (χ2n) is 3.91. The largest absolute Gasteiger partial charge is 0.496 e. The summed E-state index contributed by atoms with van der Waals surface area (Å²) in [5.74, 6) is 1.35. The molecule has 1 heterocycles. The van der Waals surface area contributed by atoms with E-state index >= 15 is 0 Å². The molecule has 82 valence electrons. The third-order valence-electron chi connectivity index (χ3n) is 3.03. The van der Waals surface area contributed by atoms with Crippen molar-refractivity contribution in [3.8, 4) is 11.6 Å². The quantitative estimate of drug-likeness (QED) is 0.816. The van der Waals surface area contributed by atoms with Gasteiger partial charge in [0.15, 0.2) is 0 Å². The molecule has 0 amide bonds. The molecular weight excluding hydrogens is 192 g/mol. The Kier molecular flexibility index (Phi) is 2.52. The fraction of sp³-hybridized carbons (Fsp3) is 0.545. The molecule has 0 bridgehead atoms. The number of hydrogen-bond acceptors (Lipinski definition) is 4. The lowest BCUT2D eigenvalue weighted by molar-refractivity contribution is 0.231. The van der Waals surface area contributed by atoms with E-state index in [2.05, 4.69) is 4.98 Å². The maximum Gasteiger partial charge on any atom is 0.221 e. The van der Waals surface area contributed by atoms with Crippen LogP contribution in [0.25, 0.3) is 0 Å². The van der Waals surface area contributed by atoms with Gasteiger partial charge < -0.3 is 15.2 Å². The highest BCUT2D eigenvalue weighted by molar-refractivity contribution is 5.46. The first-order valence-corrected chi connectivity index (χ1v) is 5.07. The molecule has 1 fully saturated rings. The van der Waals surface area contributed by atoms with Crippen molar-refractivity contribution in [1.29, 1.82) is 0 Å². The summed E-state index contributed by atoms with van der Waals surface area (Å²) in [4.78, 5) is 4.17. The second-order valence-corrected chi connectivity index (χ2v) is 3.91. The predicted octanol–water partition coefficient (Wildman–Crippen LogP) is 1.44. The van der Waals surface area contributed by atoms with Crippen LogP contribution < -0.4 is 15.2 Å². The van der Waals surface area contributed by atoms with Crippen molar-refractivity contribution in [2.45, 2.75) is 24.8 Å². The highest BCUT2D eigenvalue weighted by atomic mass is 16.5. The van der Waals surface area contributed by atoms with Gasteiger partial charge in [-0.2, -0.15) is 0 Å². The maximum atomic E-state index is 6.28. The molecule has 0 radical (unpaired) electrons. The van der Waals surface area contributed by atoms with Crippen LogP contribution in [0.4, 0.5) is 0 Å². The lowest BCUT2D eigenvalue weighted by Crippen LogP contribution is -2.44. The normalized spacial score (nSPS) is 18.1. The minimum Gasteiger partial charge on any atom is -0.496 e. The van der Waals surface area contributed by atoms with E-state index in [1.54, 1.807) is 20.4 Å². The summed E-state index contributed by atoms with van der Waals surface area (Å²) in [6, 6.07) is 1.82. The molecule has 4 nitrogen and oxygen atoms in total. The zero-order valence-corrected chi connectivity index (χ0v) is 9.12. The second kappa shape index (κ2) is 3.70. The van der Waals surface area contributed by atoms with Gasteiger partial charge in [-0.3, -0.25) is 0 Å². The SMILES string of the molecule is COc1ccnc(OC)c1C1(N)CCC1. The maximum absolute atomic E-state index is 6.28. The Balaban J connectivity index is 2.50. The molecule has 0 spiro atoms. The van der Waals surface area contributed by atoms with Crippen LogP contribution in [0.5, 0.6) is 11.6 Å². The van der Waals surface area contributed by atoms with Crippen LogP contribution in [0.2, 0.25) is 0 Å². The Morgan fingerprint density at radius 1 is 1.33 bits per heavy atom. The summed E-state index contributed by atoms with van der Waals surface area (Å²) >= 11 is 0. The zero-order chi connectivity index (χ0) is 10.9. The Morgan fingerprint density at radius 3 is 2.53 bits per heavy atom. The van der Waals surface area contributed by atoms with E-state index in [1.165, 1.54) is 0 Å². The molecule has 1 aliphatic carbocycles. The number of hydrogen-bond donors (Lipinski definition) is 1. The monoisotopic (exact) mass is 208 g/mol. The topological polar surface area (TPSA) is 57.4 Å². The lowest BCUT2D eigenvalue weighted by atomic mass is 9.72. The average molecular weight is 208 g/mol. The first kappa shape index (κ1) is 10.2. The van der Waals surface area contributed by atoms with Gasteiger partial charge in [-0.15, -0.1) is 0 Å². The van der Waals surface area contributed by atoms with Crippen molar-refractivity contribution >= 4 is 0 Å². The van der Waals surface area contributed by atoms with E-state index in [9.17, 15) is 0 Å². The molecule has 2 N–H and O–H groups in total. The molecule has 15 heavy (non-hydrogen) atoms. The number of rotatable bonds is 3. The molecule has 0 aliphatic heterocycles. The third-order valence-corrected chi connectivity index (χ3v) is 3.03. The summed E-state index contributed by atoms with van der Waals surface area (Å²) in [5, 5.41) is 0. The molecule has 0 saturated heterocycles. The standard InChI is InChI=1S/C11H16N2O2/c1-14-8-4-7-13-10(15-2)9(8)11(12)5-3-6-11/h4,7H,3,5-6,12H2,1-2H3. The Labute approximate surface area is 89.4 Å². The van der Waals surface area contributed by atoms with Gasteiger partial charge in [0.25, 0.3) is 0 Å². The summed E-state index contributed by atoms with van der Waals surface area (Å²) in [5.41, 5.74) is 6.87. The molecule has 2 rings (SSSR count). The van der Waals surface area contributed by atoms with Gasteiger partial charge in [0.1, 0.15) is 5.75 Å². The fourth-order valence-electron chi connectivity index (χ4n) is 2.02. The van der Waals surface area contributed by atoms with Gasteiger partial charge in [0.2, 0.25) is 5.88 Å². The van der Waals surface area contributed by atoms with Crippen LogP contribution in [-0.4, -0.2) is 19.2 Å². The van der Waals surface area contributed by atoms with Gasteiger partial charge in [-0.1, -0.05) is 0 Å². The van der Waals surface area contributed by atoms with E-state index in [0.717, 1.165) is 30.6 Å². The van der Waals surface area contributed by atoms with Crippen molar-refractivity contribution in [3.05, 3.63) is 17.8 Å². The molecular formula is C11H16N2O2. The van der Waals surface area contributed by atoms with Crippen molar-refractivity contribution in [3.63, 3.8) is 0 Å². The number of nitrogens with zero attached hydrogens (tertiary/aromatic N) is 1. The number of pyridine rings is 1. The molecule has 1 aromatic heterocycles. The molecule has 1 saturated carbocycles. The first-order valence-electron chi connectivity index (χ1n) is 5.07. The van der Waals surface area contributed by atoms with E-state index in [-0.39, 0.29) is 5.54 Å². The Bertz CT molecular complexity index is 339. The minimum absolute atomic E-state index is 0.315. The first-order chi connectivity index (χ1) is 7.21. The number of ether oxygens (including phenoxy) is 2. The number of nitrogens with two attached hydrogens (primary N) is 1. The van der Waals surface area contributed by atoms with Crippen LogP contribution >= 0.6 is 0 Å². The molecule has 0 aromatic carbocycles. The Hall–Kier alpha value is -1.29. The average Bonchev–Trinajstić information content (AvgIpc) is 2.24. The fourth-order valence-corrected chi connectivity index (χ4v) is 2.02. The van der Waals surface area contributed by atoms with Gasteiger partial charge in [0.05, 0.1) is 25.3 Å². The highest BCUT2D eigenvalue weighted by Crippen LogP contribution is 2.46. The van der Waals surface area contributed by atoms with Crippen LogP contribution in [0.3, 0.4) is 0 Å². The van der Waals surface area contributed by atoms with Crippen LogP contribution in [-0.2, 0) is 5.54 Å². The van der Waals surface area contributed by atoms with Crippen molar-refractivity contribution < 1.29 is 9.47 Å². The van der Waals surface area contributed by atoms with Crippen LogP contribution in [0.15, 0.2) is 12.3 Å². The Morgan fingerprint density at radius 2 is 2.07 bits per heavy atom. The molecule has 4 heteroatoms. The summed E-state index contributed by atoms with van der Waals surface area (Å²) in [6.45, 7) is 0. The minimum atomic E-state index is -0.315. The van der Waals surface area contributed by atoms with Gasteiger partial charge >= 0.3 is 0 Å². The van der Waals surface area contributed by atoms with E-state index in [1.807, 2.05) is 6.07 Å². The van der Waals surface area contributed by atoms with Crippen molar-refractivity contribution in [1.82, 2.24) is 4.98 Å². The summed E-state index contributed by atoms with van der Waals surface area (Å²) < 4.78 is 10.5. The van der Waals surface area contributed by atoms with Gasteiger partial charge in [-0.25, -0.2) is 4.98 Å². The highest BCUT2D eigenvalue weighted by Gasteiger charge is 2.39. The summed E-state index contributed by atoms with van der Waals surface area (Å²) in [6.07, 6.45) is 4.75.